The van der Waals surface area contributed by atoms with E-state index in [4.69, 9.17) is 0 Å². The average Bonchev–Trinajstić information content (AvgIpc) is 3.14. The van der Waals surface area contributed by atoms with Crippen molar-refractivity contribution in [1.82, 2.24) is 14.7 Å². The van der Waals surface area contributed by atoms with Gasteiger partial charge in [0, 0.05) is 31.1 Å². The minimum absolute atomic E-state index is 0.167. The molecule has 0 aliphatic heterocycles. The molecule has 140 valence electrons. The third-order valence-corrected chi connectivity index (χ3v) is 5.16. The third-order valence-electron chi connectivity index (χ3n) is 5.16. The van der Waals surface area contributed by atoms with Gasteiger partial charge in [0.05, 0.1) is 5.56 Å². The van der Waals surface area contributed by atoms with Gasteiger partial charge in [0.2, 0.25) is 0 Å². The molecule has 1 amide bonds. The summed E-state index contributed by atoms with van der Waals surface area (Å²) >= 11 is 0. The number of pyridine rings is 1. The van der Waals surface area contributed by atoms with Gasteiger partial charge in [-0.1, -0.05) is 31.4 Å². The maximum Gasteiger partial charge on any atom is 0.255 e. The largest absolute Gasteiger partial charge is 0.349 e. The molecule has 1 saturated carbocycles. The van der Waals surface area contributed by atoms with Gasteiger partial charge in [-0.3, -0.25) is 4.79 Å². The minimum Gasteiger partial charge on any atom is -0.349 e. The zero-order chi connectivity index (χ0) is 18.8. The lowest BCUT2D eigenvalue weighted by atomic mass is 9.95. The van der Waals surface area contributed by atoms with Crippen molar-refractivity contribution < 1.29 is 13.6 Å². The number of hydrogen-bond donors (Lipinski definition) is 1. The quantitative estimate of drug-likeness (QED) is 0.747. The summed E-state index contributed by atoms with van der Waals surface area (Å²) in [6.07, 6.45) is 10.8. The Morgan fingerprint density at radius 1 is 1.22 bits per heavy atom. The van der Waals surface area contributed by atoms with E-state index in [9.17, 15) is 13.6 Å². The lowest BCUT2D eigenvalue weighted by molar-refractivity contribution is 0.0928. The summed E-state index contributed by atoms with van der Waals surface area (Å²) in [5.74, 6) is -1.89. The summed E-state index contributed by atoms with van der Waals surface area (Å²) in [4.78, 5) is 17.1. The van der Waals surface area contributed by atoms with E-state index in [1.165, 1.54) is 12.5 Å². The zero-order valence-corrected chi connectivity index (χ0v) is 14.9. The van der Waals surface area contributed by atoms with Crippen molar-refractivity contribution in [3.8, 4) is 0 Å². The highest BCUT2D eigenvalue weighted by Crippen LogP contribution is 2.21. The molecule has 1 aliphatic carbocycles. The Morgan fingerprint density at radius 2 is 2.04 bits per heavy atom. The van der Waals surface area contributed by atoms with Crippen molar-refractivity contribution in [1.29, 1.82) is 0 Å². The number of amides is 1. The topological polar surface area (TPSA) is 46.4 Å². The number of carbonyl (C=O) groups is 1. The summed E-state index contributed by atoms with van der Waals surface area (Å²) < 4.78 is 29.3. The number of nitrogens with one attached hydrogen (secondary N) is 1. The molecule has 0 saturated heterocycles. The first-order valence-corrected chi connectivity index (χ1v) is 9.31. The molecule has 4 nitrogen and oxygen atoms in total. The first kappa shape index (κ1) is 17.6. The van der Waals surface area contributed by atoms with Crippen molar-refractivity contribution in [2.24, 2.45) is 0 Å². The molecule has 0 atom stereocenters. The lowest BCUT2D eigenvalue weighted by Gasteiger charge is -2.23. The highest BCUT2D eigenvalue weighted by Gasteiger charge is 2.20. The van der Waals surface area contributed by atoms with Crippen LogP contribution in [0.5, 0.6) is 0 Å². The van der Waals surface area contributed by atoms with Gasteiger partial charge in [0.25, 0.3) is 5.91 Å². The van der Waals surface area contributed by atoms with Crippen LogP contribution in [0.15, 0.2) is 42.9 Å². The number of aromatic nitrogens is 2. The SMILES string of the molecule is O=C(NC1CCCCC1)c1cc(Cc2cccc(F)c2F)cn2ccnc12. The van der Waals surface area contributed by atoms with Gasteiger partial charge in [-0.05, 0) is 36.1 Å². The number of halogens is 2. The maximum absolute atomic E-state index is 14.0. The number of hydrogen-bond acceptors (Lipinski definition) is 2. The van der Waals surface area contributed by atoms with E-state index < -0.39 is 11.6 Å². The van der Waals surface area contributed by atoms with Crippen LogP contribution in [0.25, 0.3) is 5.65 Å². The van der Waals surface area contributed by atoms with Gasteiger partial charge in [0.1, 0.15) is 5.65 Å². The van der Waals surface area contributed by atoms with Crippen LogP contribution in [0.2, 0.25) is 0 Å². The van der Waals surface area contributed by atoms with Crippen LogP contribution in [0.4, 0.5) is 8.78 Å². The number of imidazole rings is 1. The van der Waals surface area contributed by atoms with Crippen LogP contribution < -0.4 is 5.32 Å². The molecule has 2 heterocycles. The Morgan fingerprint density at radius 3 is 2.85 bits per heavy atom. The number of rotatable bonds is 4. The zero-order valence-electron chi connectivity index (χ0n) is 14.9. The van der Waals surface area contributed by atoms with Crippen LogP contribution >= 0.6 is 0 Å². The predicted octanol–water partition coefficient (Wildman–Crippen LogP) is 4.27. The molecule has 1 N–H and O–H groups in total. The van der Waals surface area contributed by atoms with E-state index in [-0.39, 0.29) is 23.9 Å². The Balaban J connectivity index is 1.65. The molecular weight excluding hydrogens is 348 g/mol. The fourth-order valence-corrected chi connectivity index (χ4v) is 3.77. The second-order valence-electron chi connectivity index (χ2n) is 7.12. The normalized spacial score (nSPS) is 15.2. The second kappa shape index (κ2) is 7.47. The fraction of sp³-hybridized carbons (Fsp3) is 0.333. The van der Waals surface area contributed by atoms with Crippen LogP contribution in [-0.2, 0) is 6.42 Å². The van der Waals surface area contributed by atoms with Gasteiger partial charge in [-0.25, -0.2) is 13.8 Å². The van der Waals surface area contributed by atoms with Crippen LogP contribution in [0, 0.1) is 11.6 Å². The van der Waals surface area contributed by atoms with Crippen LogP contribution in [0.1, 0.15) is 53.6 Å². The fourth-order valence-electron chi connectivity index (χ4n) is 3.77. The first-order chi connectivity index (χ1) is 13.1. The number of fused-ring (bicyclic) bond motifs is 1. The second-order valence-corrected chi connectivity index (χ2v) is 7.12. The Kier molecular flexibility index (Phi) is 4.88. The van der Waals surface area contributed by atoms with E-state index in [1.54, 1.807) is 35.1 Å². The van der Waals surface area contributed by atoms with E-state index in [2.05, 4.69) is 10.3 Å². The Hall–Kier alpha value is -2.76. The number of nitrogens with zero attached hydrogens (tertiary/aromatic N) is 2. The predicted molar refractivity (Wildman–Crippen MR) is 98.7 cm³/mol. The summed E-state index contributed by atoms with van der Waals surface area (Å²) in [7, 11) is 0. The molecule has 3 aromatic rings. The van der Waals surface area contributed by atoms with E-state index in [1.807, 2.05) is 0 Å². The van der Waals surface area contributed by atoms with Crippen molar-refractivity contribution in [2.45, 2.75) is 44.6 Å². The van der Waals surface area contributed by atoms with Gasteiger partial charge in [-0.2, -0.15) is 0 Å². The van der Waals surface area contributed by atoms with Crippen molar-refractivity contribution >= 4 is 11.6 Å². The molecule has 1 fully saturated rings. The summed E-state index contributed by atoms with van der Waals surface area (Å²) in [5.41, 5.74) is 2.00. The Bertz CT molecular complexity index is 977. The van der Waals surface area contributed by atoms with Crippen LogP contribution in [0.3, 0.4) is 0 Å². The summed E-state index contributed by atoms with van der Waals surface area (Å²) in [6, 6.07) is 6.05. The smallest absolute Gasteiger partial charge is 0.255 e. The molecule has 0 unspecified atom stereocenters. The van der Waals surface area contributed by atoms with Crippen molar-refractivity contribution in [3.63, 3.8) is 0 Å². The van der Waals surface area contributed by atoms with E-state index >= 15 is 0 Å². The van der Waals surface area contributed by atoms with Gasteiger partial charge >= 0.3 is 0 Å². The van der Waals surface area contributed by atoms with Gasteiger partial charge in [0.15, 0.2) is 11.6 Å². The first-order valence-electron chi connectivity index (χ1n) is 9.31. The molecule has 1 aromatic carbocycles. The minimum atomic E-state index is -0.869. The monoisotopic (exact) mass is 369 g/mol. The number of carbonyl (C=O) groups excluding carboxylic acids is 1. The average molecular weight is 369 g/mol. The molecule has 0 spiro atoms. The third kappa shape index (κ3) is 3.70. The summed E-state index contributed by atoms with van der Waals surface area (Å²) in [5, 5.41) is 3.10. The van der Waals surface area contributed by atoms with Crippen molar-refractivity contribution in [3.05, 3.63) is 71.2 Å². The van der Waals surface area contributed by atoms with E-state index in [0.29, 0.717) is 11.2 Å². The molecule has 0 bridgehead atoms. The molecule has 4 rings (SSSR count). The standard InChI is InChI=1S/C21H21F2N3O/c22-18-8-4-5-15(19(18)23)11-14-12-17(20-24-9-10-26(20)13-14)21(27)25-16-6-2-1-3-7-16/h4-5,8-10,12-13,16H,1-3,6-7,11H2,(H,25,27). The molecule has 2 aromatic heterocycles. The number of benzene rings is 1. The molecule has 6 heteroatoms. The van der Waals surface area contributed by atoms with Crippen LogP contribution in [-0.4, -0.2) is 21.3 Å². The maximum atomic E-state index is 14.0. The lowest BCUT2D eigenvalue weighted by Crippen LogP contribution is -2.36. The summed E-state index contributed by atoms with van der Waals surface area (Å²) in [6.45, 7) is 0. The molecule has 27 heavy (non-hydrogen) atoms. The van der Waals surface area contributed by atoms with Gasteiger partial charge in [-0.15, -0.1) is 0 Å². The van der Waals surface area contributed by atoms with Crippen molar-refractivity contribution in [2.75, 3.05) is 0 Å². The van der Waals surface area contributed by atoms with E-state index in [0.717, 1.165) is 37.3 Å². The van der Waals surface area contributed by atoms with Gasteiger partial charge < -0.3 is 9.72 Å². The highest BCUT2D eigenvalue weighted by atomic mass is 19.2. The molecule has 0 radical (unpaired) electrons. The molecular formula is C21H21F2N3O. The molecule has 1 aliphatic rings. The highest BCUT2D eigenvalue weighted by molar-refractivity contribution is 6.00. The Labute approximate surface area is 156 Å².